The van der Waals surface area contributed by atoms with E-state index in [1.54, 1.807) is 0 Å². The average Bonchev–Trinajstić information content (AvgIpc) is 2.99. The van der Waals surface area contributed by atoms with Gasteiger partial charge >= 0.3 is 13.6 Å². The molecule has 12 nitrogen and oxygen atoms in total. The Morgan fingerprint density at radius 3 is 2.34 bits per heavy atom. The molecule has 1 fully saturated rings. The molecule has 0 bridgehead atoms. The third-order valence-electron chi connectivity index (χ3n) is 5.95. The Labute approximate surface area is 205 Å². The van der Waals surface area contributed by atoms with Crippen molar-refractivity contribution in [3.8, 4) is 0 Å². The molecule has 35 heavy (non-hydrogen) atoms. The van der Waals surface area contributed by atoms with Crippen molar-refractivity contribution in [2.24, 2.45) is 5.92 Å². The first-order chi connectivity index (χ1) is 16.1. The Bertz CT molecular complexity index is 790. The van der Waals surface area contributed by atoms with E-state index in [0.717, 1.165) is 19.8 Å². The first kappa shape index (κ1) is 31.7. The molecular formula is C22H41N2O10P. The van der Waals surface area contributed by atoms with E-state index in [1.165, 1.54) is 5.57 Å². The highest BCUT2D eigenvalue weighted by atomic mass is 31.2. The SMILES string of the molecule is CC(C)=CCCC(C)CC(=O)NC(C)(COP(=O)(O)C[C@H](O)C[C@H]1N[C@H](CO)[C@@H](O)[C@@H]1O)C(=O)O. The van der Waals surface area contributed by atoms with Crippen molar-refractivity contribution in [3.05, 3.63) is 11.6 Å². The minimum Gasteiger partial charge on any atom is -0.479 e. The highest BCUT2D eigenvalue weighted by Crippen LogP contribution is 2.44. The summed E-state index contributed by atoms with van der Waals surface area (Å²) in [4.78, 5) is 34.3. The number of carboxylic acid groups (broad SMARTS) is 1. The number of nitrogens with one attached hydrogen (secondary N) is 2. The second kappa shape index (κ2) is 13.8. The van der Waals surface area contributed by atoms with Crippen molar-refractivity contribution < 1.29 is 49.1 Å². The maximum Gasteiger partial charge on any atom is 0.331 e. The minimum absolute atomic E-state index is 0.00727. The van der Waals surface area contributed by atoms with Gasteiger partial charge in [0.1, 0.15) is 0 Å². The number of carbonyl (C=O) groups is 2. The first-order valence-electron chi connectivity index (χ1n) is 11.7. The first-order valence-corrected chi connectivity index (χ1v) is 13.4. The van der Waals surface area contributed by atoms with Gasteiger partial charge in [0.25, 0.3) is 0 Å². The van der Waals surface area contributed by atoms with E-state index in [-0.39, 0.29) is 18.8 Å². The van der Waals surface area contributed by atoms with Crippen LogP contribution in [0.4, 0.5) is 0 Å². The molecule has 3 unspecified atom stereocenters. The average molecular weight is 525 g/mol. The highest BCUT2D eigenvalue weighted by molar-refractivity contribution is 7.52. The second-order valence-electron chi connectivity index (χ2n) is 9.88. The van der Waals surface area contributed by atoms with Crippen LogP contribution in [0.5, 0.6) is 0 Å². The molecule has 8 atom stereocenters. The third kappa shape index (κ3) is 10.6. The summed E-state index contributed by atoms with van der Waals surface area (Å²) in [6, 6.07) is -1.63. The van der Waals surface area contributed by atoms with Crippen molar-refractivity contribution in [2.45, 2.75) is 89.3 Å². The molecule has 13 heteroatoms. The monoisotopic (exact) mass is 524 g/mol. The zero-order chi connectivity index (χ0) is 27.0. The molecule has 0 aliphatic carbocycles. The molecule has 1 amide bonds. The Morgan fingerprint density at radius 2 is 1.83 bits per heavy atom. The zero-order valence-corrected chi connectivity index (χ0v) is 21.6. The Balaban J connectivity index is 2.63. The highest BCUT2D eigenvalue weighted by Gasteiger charge is 2.43. The largest absolute Gasteiger partial charge is 0.479 e. The molecule has 0 radical (unpaired) electrons. The lowest BCUT2D eigenvalue weighted by Crippen LogP contribution is -2.55. The van der Waals surface area contributed by atoms with Crippen LogP contribution in [-0.2, 0) is 18.7 Å². The summed E-state index contributed by atoms with van der Waals surface area (Å²) in [6.07, 6.45) is -1.32. The number of allylic oxidation sites excluding steroid dienone is 2. The fourth-order valence-corrected chi connectivity index (χ4v) is 5.07. The van der Waals surface area contributed by atoms with Crippen molar-refractivity contribution in [1.29, 1.82) is 0 Å². The smallest absolute Gasteiger partial charge is 0.331 e. The maximum atomic E-state index is 12.5. The van der Waals surface area contributed by atoms with E-state index in [4.69, 9.17) is 4.52 Å². The summed E-state index contributed by atoms with van der Waals surface area (Å²) < 4.78 is 17.4. The van der Waals surface area contributed by atoms with Crippen LogP contribution in [-0.4, -0.2) is 97.6 Å². The number of aliphatic hydroxyl groups is 4. The van der Waals surface area contributed by atoms with Gasteiger partial charge in [-0.1, -0.05) is 18.6 Å². The molecule has 1 rings (SSSR count). The van der Waals surface area contributed by atoms with Crippen molar-refractivity contribution >= 4 is 19.5 Å². The van der Waals surface area contributed by atoms with Gasteiger partial charge in [0.05, 0.1) is 43.7 Å². The van der Waals surface area contributed by atoms with Crippen LogP contribution >= 0.6 is 7.60 Å². The van der Waals surface area contributed by atoms with E-state index < -0.39 is 74.8 Å². The molecule has 0 spiro atoms. The fourth-order valence-electron chi connectivity index (χ4n) is 3.82. The van der Waals surface area contributed by atoms with Crippen LogP contribution in [0.25, 0.3) is 0 Å². The normalized spacial score (nSPS) is 27.3. The van der Waals surface area contributed by atoms with Gasteiger partial charge in [-0.2, -0.15) is 0 Å². The summed E-state index contributed by atoms with van der Waals surface area (Å²) in [6.45, 7) is 5.72. The number of hydrogen-bond donors (Lipinski definition) is 8. The van der Waals surface area contributed by atoms with Crippen molar-refractivity contribution in [1.82, 2.24) is 10.6 Å². The van der Waals surface area contributed by atoms with Gasteiger partial charge in [-0.25, -0.2) is 4.79 Å². The third-order valence-corrected chi connectivity index (χ3v) is 7.37. The lowest BCUT2D eigenvalue weighted by molar-refractivity contribution is -0.148. The van der Waals surface area contributed by atoms with Gasteiger partial charge in [0, 0.05) is 12.5 Å². The summed E-state index contributed by atoms with van der Waals surface area (Å²) in [5, 5.41) is 53.9. The maximum absolute atomic E-state index is 12.5. The Morgan fingerprint density at radius 1 is 1.23 bits per heavy atom. The molecule has 8 N–H and O–H groups in total. The van der Waals surface area contributed by atoms with Gasteiger partial charge in [-0.05, 0) is 46.0 Å². The topological polar surface area (TPSA) is 206 Å². The van der Waals surface area contributed by atoms with Crippen LogP contribution in [0.1, 0.15) is 53.4 Å². The summed E-state index contributed by atoms with van der Waals surface area (Å²) >= 11 is 0. The standard InChI is InChI=1S/C22H41N2O10P/c1-13(2)6-5-7-14(3)8-18(27)24-22(4,21(30)31)12-34-35(32,33)11-15(26)9-16-19(28)20(29)17(10-25)23-16/h6,14-17,19-20,23,25-26,28-29H,5,7-12H2,1-4H3,(H,24,27)(H,30,31)(H,32,33)/t14?,15-,16-,17-,19-,20-,22?/m1/s1. The molecule has 1 saturated heterocycles. The molecule has 0 aromatic rings. The van der Waals surface area contributed by atoms with Crippen molar-refractivity contribution in [3.63, 3.8) is 0 Å². The van der Waals surface area contributed by atoms with E-state index in [9.17, 15) is 44.6 Å². The van der Waals surface area contributed by atoms with Gasteiger partial charge in [0.2, 0.25) is 5.91 Å². The molecule has 1 aliphatic rings. The zero-order valence-electron chi connectivity index (χ0n) is 20.8. The molecule has 0 saturated carbocycles. The predicted molar refractivity (Wildman–Crippen MR) is 128 cm³/mol. The molecule has 0 aromatic heterocycles. The Hall–Kier alpha value is -1.37. The number of hydrogen-bond acceptors (Lipinski definition) is 9. The number of aliphatic hydroxyl groups excluding tert-OH is 4. The van der Waals surface area contributed by atoms with Gasteiger partial charge < -0.3 is 45.6 Å². The van der Waals surface area contributed by atoms with Crippen LogP contribution in [0.3, 0.4) is 0 Å². The number of aliphatic carboxylic acids is 1. The van der Waals surface area contributed by atoms with Crippen LogP contribution in [0.2, 0.25) is 0 Å². The fraction of sp³-hybridized carbons (Fsp3) is 0.818. The predicted octanol–water partition coefficient (Wildman–Crippen LogP) is -0.274. The van der Waals surface area contributed by atoms with E-state index in [1.807, 2.05) is 26.8 Å². The van der Waals surface area contributed by atoms with Crippen molar-refractivity contribution in [2.75, 3.05) is 19.4 Å². The van der Waals surface area contributed by atoms with Gasteiger partial charge in [-0.3, -0.25) is 9.36 Å². The number of carboxylic acids is 1. The van der Waals surface area contributed by atoms with E-state index in [0.29, 0.717) is 0 Å². The molecule has 0 aromatic carbocycles. The van der Waals surface area contributed by atoms with Crippen LogP contribution < -0.4 is 10.6 Å². The lowest BCUT2D eigenvalue weighted by atomic mass is 9.98. The quantitative estimate of drug-likeness (QED) is 0.103. The van der Waals surface area contributed by atoms with E-state index >= 15 is 0 Å². The lowest BCUT2D eigenvalue weighted by Gasteiger charge is -2.28. The number of carbonyl (C=O) groups excluding carboxylic acids is 1. The van der Waals surface area contributed by atoms with Crippen LogP contribution in [0, 0.1) is 5.92 Å². The number of rotatable bonds is 15. The molecule has 1 heterocycles. The second-order valence-corrected chi connectivity index (χ2v) is 11.8. The Kier molecular flexibility index (Phi) is 12.5. The summed E-state index contributed by atoms with van der Waals surface area (Å²) in [5.74, 6) is -1.99. The number of amides is 1. The molecular weight excluding hydrogens is 483 g/mol. The molecule has 1 aliphatic heterocycles. The van der Waals surface area contributed by atoms with E-state index in [2.05, 4.69) is 10.6 Å². The summed E-state index contributed by atoms with van der Waals surface area (Å²) in [5.41, 5.74) is -0.805. The van der Waals surface area contributed by atoms with Crippen LogP contribution in [0.15, 0.2) is 11.6 Å². The summed E-state index contributed by atoms with van der Waals surface area (Å²) in [7, 11) is -4.49. The van der Waals surface area contributed by atoms with Gasteiger partial charge in [-0.15, -0.1) is 0 Å². The minimum atomic E-state index is -4.49. The van der Waals surface area contributed by atoms with Gasteiger partial charge in [0.15, 0.2) is 5.54 Å². The molecule has 204 valence electrons.